The maximum Gasteiger partial charge on any atom is 0.257 e. The monoisotopic (exact) mass is 354 g/mol. The van der Waals surface area contributed by atoms with Crippen LogP contribution in [0.2, 0.25) is 0 Å². The zero-order valence-electron chi connectivity index (χ0n) is 13.9. The Morgan fingerprint density at radius 1 is 1.20 bits per heavy atom. The Balaban J connectivity index is 1.68. The molecule has 0 spiro atoms. The second-order valence-electron chi connectivity index (χ2n) is 5.49. The number of hydrogen-bond acceptors (Lipinski definition) is 7. The normalized spacial score (nSPS) is 10.9. The Morgan fingerprint density at radius 3 is 2.72 bits per heavy atom. The van der Waals surface area contributed by atoms with Crippen molar-refractivity contribution in [1.82, 2.24) is 15.1 Å². The van der Waals surface area contributed by atoms with Crippen molar-refractivity contribution in [3.8, 4) is 16.8 Å². The van der Waals surface area contributed by atoms with E-state index in [1.807, 2.05) is 41.8 Å². The summed E-state index contributed by atoms with van der Waals surface area (Å²) in [5, 5.41) is 19.2. The predicted octanol–water partition coefficient (Wildman–Crippen LogP) is 3.32. The van der Waals surface area contributed by atoms with E-state index in [0.29, 0.717) is 37.0 Å². The van der Waals surface area contributed by atoms with Crippen molar-refractivity contribution in [3.63, 3.8) is 0 Å². The van der Waals surface area contributed by atoms with Gasteiger partial charge in [0.05, 0.1) is 29.7 Å². The number of nitrogens with zero attached hydrogens (tertiary/aromatic N) is 4. The number of rotatable bonds is 8. The van der Waals surface area contributed by atoms with Crippen molar-refractivity contribution in [1.29, 1.82) is 5.26 Å². The summed E-state index contributed by atoms with van der Waals surface area (Å²) in [5.74, 6) is 1.13. The van der Waals surface area contributed by atoms with Crippen LogP contribution in [0.25, 0.3) is 10.8 Å². The van der Waals surface area contributed by atoms with E-state index in [1.165, 1.54) is 0 Å². The molecule has 0 amide bonds. The van der Waals surface area contributed by atoms with Crippen molar-refractivity contribution >= 4 is 11.3 Å². The highest BCUT2D eigenvalue weighted by Gasteiger charge is 2.14. The van der Waals surface area contributed by atoms with Gasteiger partial charge in [-0.2, -0.15) is 5.26 Å². The average Bonchev–Trinajstić information content (AvgIpc) is 3.32. The van der Waals surface area contributed by atoms with Crippen LogP contribution in [-0.2, 0) is 17.8 Å². The second-order valence-corrected chi connectivity index (χ2v) is 6.44. The molecule has 1 aromatic carbocycles. The van der Waals surface area contributed by atoms with Crippen molar-refractivity contribution < 1.29 is 9.15 Å². The van der Waals surface area contributed by atoms with Crippen LogP contribution in [0.5, 0.6) is 0 Å². The number of hydrogen-bond donors (Lipinski definition) is 0. The molecule has 128 valence electrons. The molecule has 0 bridgehead atoms. The fraction of sp³-hybridized carbons (Fsp3) is 0.278. The molecule has 0 radical (unpaired) electrons. The molecular formula is C18H18N4O2S. The molecule has 0 atom stereocenters. The Kier molecular flexibility index (Phi) is 5.90. The van der Waals surface area contributed by atoms with E-state index in [2.05, 4.69) is 21.2 Å². The van der Waals surface area contributed by atoms with E-state index >= 15 is 0 Å². The number of benzene rings is 1. The molecule has 0 unspecified atom stereocenters. The molecule has 25 heavy (non-hydrogen) atoms. The molecule has 0 aliphatic heterocycles. The van der Waals surface area contributed by atoms with E-state index in [-0.39, 0.29) is 0 Å². The first-order valence-electron chi connectivity index (χ1n) is 7.85. The summed E-state index contributed by atoms with van der Waals surface area (Å²) in [5.41, 5.74) is 1.78. The standard InChI is InChI=1S/C18H18N4O2S/c1-23-9-8-22(12-15-6-4-14(11-19)5-7-15)13-17-20-21-18(24-17)16-3-2-10-25-16/h2-7,10H,8-9,12-13H2,1H3. The molecule has 3 aromatic rings. The lowest BCUT2D eigenvalue weighted by atomic mass is 10.1. The highest BCUT2D eigenvalue weighted by molar-refractivity contribution is 7.13. The van der Waals surface area contributed by atoms with Gasteiger partial charge < -0.3 is 9.15 Å². The summed E-state index contributed by atoms with van der Waals surface area (Å²) >= 11 is 1.57. The first-order chi connectivity index (χ1) is 12.3. The Hall–Kier alpha value is -2.53. The number of methoxy groups -OCH3 is 1. The van der Waals surface area contributed by atoms with Gasteiger partial charge in [-0.05, 0) is 29.1 Å². The fourth-order valence-electron chi connectivity index (χ4n) is 2.39. The minimum absolute atomic E-state index is 0.543. The number of aromatic nitrogens is 2. The summed E-state index contributed by atoms with van der Waals surface area (Å²) in [6, 6.07) is 13.6. The van der Waals surface area contributed by atoms with Crippen molar-refractivity contribution in [3.05, 3.63) is 58.8 Å². The van der Waals surface area contributed by atoms with E-state index in [4.69, 9.17) is 14.4 Å². The van der Waals surface area contributed by atoms with Gasteiger partial charge in [0.15, 0.2) is 0 Å². The molecule has 0 N–H and O–H groups in total. The van der Waals surface area contributed by atoms with Crippen LogP contribution in [-0.4, -0.2) is 35.4 Å². The van der Waals surface area contributed by atoms with Gasteiger partial charge in [0, 0.05) is 20.2 Å². The highest BCUT2D eigenvalue weighted by atomic mass is 32.1. The van der Waals surface area contributed by atoms with Crippen molar-refractivity contribution in [2.45, 2.75) is 13.1 Å². The molecule has 7 heteroatoms. The summed E-state index contributed by atoms with van der Waals surface area (Å²) < 4.78 is 11.0. The zero-order chi connectivity index (χ0) is 17.5. The van der Waals surface area contributed by atoms with Crippen molar-refractivity contribution in [2.75, 3.05) is 20.3 Å². The third kappa shape index (κ3) is 4.73. The summed E-state index contributed by atoms with van der Waals surface area (Å²) in [6.45, 7) is 2.61. The molecule has 2 heterocycles. The first kappa shape index (κ1) is 17.3. The smallest absolute Gasteiger partial charge is 0.257 e. The molecule has 0 saturated carbocycles. The number of thiophene rings is 1. The van der Waals surface area contributed by atoms with Gasteiger partial charge in [0.2, 0.25) is 5.89 Å². The van der Waals surface area contributed by atoms with Crippen molar-refractivity contribution in [2.24, 2.45) is 0 Å². The summed E-state index contributed by atoms with van der Waals surface area (Å²) in [4.78, 5) is 3.14. The SMILES string of the molecule is COCCN(Cc1ccc(C#N)cc1)Cc1nnc(-c2cccs2)o1. The molecule has 2 aromatic heterocycles. The third-order valence-corrected chi connectivity index (χ3v) is 4.52. The lowest BCUT2D eigenvalue weighted by Gasteiger charge is -2.20. The molecule has 0 saturated heterocycles. The molecule has 3 rings (SSSR count). The Labute approximate surface area is 150 Å². The average molecular weight is 354 g/mol. The van der Waals surface area contributed by atoms with E-state index in [0.717, 1.165) is 17.0 Å². The third-order valence-electron chi connectivity index (χ3n) is 3.66. The van der Waals surface area contributed by atoms with Crippen LogP contribution in [0, 0.1) is 11.3 Å². The molecule has 6 nitrogen and oxygen atoms in total. The summed E-state index contributed by atoms with van der Waals surface area (Å²) in [7, 11) is 1.68. The lowest BCUT2D eigenvalue weighted by Crippen LogP contribution is -2.26. The van der Waals surface area contributed by atoms with Gasteiger partial charge >= 0.3 is 0 Å². The molecule has 0 fully saturated rings. The van der Waals surface area contributed by atoms with Gasteiger partial charge in [0.1, 0.15) is 0 Å². The topological polar surface area (TPSA) is 75.2 Å². The van der Waals surface area contributed by atoms with Gasteiger partial charge in [0.25, 0.3) is 5.89 Å². The van der Waals surface area contributed by atoms with Gasteiger partial charge in [-0.1, -0.05) is 18.2 Å². The summed E-state index contributed by atoms with van der Waals surface area (Å²) in [6.07, 6.45) is 0. The first-order valence-corrected chi connectivity index (χ1v) is 8.73. The Morgan fingerprint density at radius 2 is 2.04 bits per heavy atom. The molecule has 0 aliphatic rings. The lowest BCUT2D eigenvalue weighted by molar-refractivity contribution is 0.134. The minimum atomic E-state index is 0.543. The van der Waals surface area contributed by atoms with E-state index in [9.17, 15) is 0 Å². The minimum Gasteiger partial charge on any atom is -0.419 e. The quantitative estimate of drug-likeness (QED) is 0.618. The van der Waals surface area contributed by atoms with Gasteiger partial charge in [-0.3, -0.25) is 4.90 Å². The molecule has 0 aliphatic carbocycles. The largest absolute Gasteiger partial charge is 0.419 e. The maximum absolute atomic E-state index is 8.90. The van der Waals surface area contributed by atoms with Gasteiger partial charge in [-0.15, -0.1) is 21.5 Å². The maximum atomic E-state index is 8.90. The van der Waals surface area contributed by atoms with Crippen LogP contribution in [0.1, 0.15) is 17.0 Å². The Bertz CT molecular complexity index is 822. The van der Waals surface area contributed by atoms with Crippen LogP contribution in [0.15, 0.2) is 46.2 Å². The van der Waals surface area contributed by atoms with Crippen LogP contribution in [0.4, 0.5) is 0 Å². The van der Waals surface area contributed by atoms with Crippen LogP contribution < -0.4 is 0 Å². The van der Waals surface area contributed by atoms with E-state index < -0.39 is 0 Å². The predicted molar refractivity (Wildman–Crippen MR) is 94.8 cm³/mol. The van der Waals surface area contributed by atoms with Crippen LogP contribution in [0.3, 0.4) is 0 Å². The second kappa shape index (κ2) is 8.53. The zero-order valence-corrected chi connectivity index (χ0v) is 14.7. The fourth-order valence-corrected chi connectivity index (χ4v) is 3.03. The highest BCUT2D eigenvalue weighted by Crippen LogP contribution is 2.23. The van der Waals surface area contributed by atoms with E-state index in [1.54, 1.807) is 18.4 Å². The number of ether oxygens (including phenoxy) is 1. The van der Waals surface area contributed by atoms with Gasteiger partial charge in [-0.25, -0.2) is 0 Å². The molecular weight excluding hydrogens is 336 g/mol. The van der Waals surface area contributed by atoms with Crippen LogP contribution >= 0.6 is 11.3 Å². The number of nitriles is 1.